The predicted molar refractivity (Wildman–Crippen MR) is 80.6 cm³/mol. The van der Waals surface area contributed by atoms with Gasteiger partial charge in [0.25, 0.3) is 0 Å². The molecule has 2 aliphatic carbocycles. The van der Waals surface area contributed by atoms with E-state index in [9.17, 15) is 8.42 Å². The molecule has 0 bridgehead atoms. The van der Waals surface area contributed by atoms with Gasteiger partial charge >= 0.3 is 0 Å². The number of benzene rings is 1. The molecular formula is C15H20ClNO2S. The summed E-state index contributed by atoms with van der Waals surface area (Å²) in [4.78, 5) is 0.381. The highest BCUT2D eigenvalue weighted by Crippen LogP contribution is 2.44. The molecule has 1 N–H and O–H groups in total. The number of halogens is 1. The van der Waals surface area contributed by atoms with Crippen molar-refractivity contribution in [3.05, 3.63) is 29.3 Å². The molecule has 1 aromatic carbocycles. The minimum atomic E-state index is -3.45. The number of nitrogens with one attached hydrogen (secondary N) is 1. The van der Waals surface area contributed by atoms with Crippen LogP contribution in [-0.4, -0.2) is 19.8 Å². The number of sulfonamides is 1. The van der Waals surface area contributed by atoms with Crippen molar-refractivity contribution >= 4 is 21.6 Å². The predicted octanol–water partition coefficient (Wildman–Crippen LogP) is 2.86. The molecule has 2 aliphatic rings. The van der Waals surface area contributed by atoms with Gasteiger partial charge in [-0.25, -0.2) is 13.1 Å². The molecule has 20 heavy (non-hydrogen) atoms. The average molecular weight is 314 g/mol. The average Bonchev–Trinajstić information content (AvgIpc) is 2.85. The normalized spacial score (nSPS) is 27.9. The maximum Gasteiger partial charge on any atom is 0.240 e. The van der Waals surface area contributed by atoms with Gasteiger partial charge in [0.1, 0.15) is 0 Å². The van der Waals surface area contributed by atoms with Gasteiger partial charge in [0.05, 0.1) is 4.90 Å². The standard InChI is InChI=1S/C15H20ClNO2S/c1-15(2)13(16)9-14(15)17-20(18,19)12-7-6-10-4-3-5-11(10)8-12/h6-8,13-14,17H,3-5,9H2,1-2H3. The quantitative estimate of drug-likeness (QED) is 0.872. The Hall–Kier alpha value is -0.580. The second-order valence-electron chi connectivity index (χ2n) is 6.48. The first-order chi connectivity index (χ1) is 9.30. The van der Waals surface area contributed by atoms with E-state index in [1.807, 2.05) is 26.0 Å². The van der Waals surface area contributed by atoms with Crippen LogP contribution in [0.3, 0.4) is 0 Å². The van der Waals surface area contributed by atoms with Crippen LogP contribution in [0.25, 0.3) is 0 Å². The van der Waals surface area contributed by atoms with Gasteiger partial charge in [-0.3, -0.25) is 0 Å². The van der Waals surface area contributed by atoms with Gasteiger partial charge < -0.3 is 0 Å². The van der Waals surface area contributed by atoms with Crippen molar-refractivity contribution in [3.63, 3.8) is 0 Å². The number of fused-ring (bicyclic) bond motifs is 1. The number of hydrogen-bond acceptors (Lipinski definition) is 2. The summed E-state index contributed by atoms with van der Waals surface area (Å²) in [5.74, 6) is 0. The maximum absolute atomic E-state index is 12.5. The zero-order valence-electron chi connectivity index (χ0n) is 11.8. The number of hydrogen-bond donors (Lipinski definition) is 1. The highest BCUT2D eigenvalue weighted by Gasteiger charge is 2.48. The van der Waals surface area contributed by atoms with E-state index in [1.165, 1.54) is 11.1 Å². The first kappa shape index (κ1) is 14.4. The zero-order chi connectivity index (χ0) is 14.5. The molecule has 0 aromatic heterocycles. The third kappa shape index (κ3) is 2.28. The molecule has 5 heteroatoms. The van der Waals surface area contributed by atoms with Crippen molar-refractivity contribution in [3.8, 4) is 0 Å². The second-order valence-corrected chi connectivity index (χ2v) is 8.72. The van der Waals surface area contributed by atoms with E-state index in [0.29, 0.717) is 11.3 Å². The van der Waals surface area contributed by atoms with Crippen LogP contribution in [0.5, 0.6) is 0 Å². The summed E-state index contributed by atoms with van der Waals surface area (Å²) in [5.41, 5.74) is 2.27. The van der Waals surface area contributed by atoms with E-state index in [0.717, 1.165) is 19.3 Å². The molecule has 0 spiro atoms. The van der Waals surface area contributed by atoms with Gasteiger partial charge in [-0.2, -0.15) is 0 Å². The van der Waals surface area contributed by atoms with Crippen LogP contribution in [-0.2, 0) is 22.9 Å². The largest absolute Gasteiger partial charge is 0.240 e. The Bertz CT molecular complexity index is 639. The van der Waals surface area contributed by atoms with Crippen molar-refractivity contribution < 1.29 is 8.42 Å². The lowest BCUT2D eigenvalue weighted by Gasteiger charge is -2.48. The summed E-state index contributed by atoms with van der Waals surface area (Å²) in [6, 6.07) is 5.42. The molecule has 3 rings (SSSR count). The van der Waals surface area contributed by atoms with Crippen LogP contribution in [0.1, 0.15) is 37.8 Å². The minimum absolute atomic E-state index is 0.0372. The van der Waals surface area contributed by atoms with Gasteiger partial charge in [0.2, 0.25) is 10.0 Å². The Morgan fingerprint density at radius 2 is 1.95 bits per heavy atom. The smallest absolute Gasteiger partial charge is 0.207 e. The molecule has 3 nitrogen and oxygen atoms in total. The van der Waals surface area contributed by atoms with Gasteiger partial charge in [0, 0.05) is 11.4 Å². The molecule has 110 valence electrons. The molecule has 0 amide bonds. The van der Waals surface area contributed by atoms with Crippen molar-refractivity contribution in [2.24, 2.45) is 5.41 Å². The summed E-state index contributed by atoms with van der Waals surface area (Å²) in [6.45, 7) is 4.01. The van der Waals surface area contributed by atoms with E-state index >= 15 is 0 Å². The Labute approximate surface area is 125 Å². The molecule has 0 aliphatic heterocycles. The van der Waals surface area contributed by atoms with Crippen LogP contribution in [0.15, 0.2) is 23.1 Å². The zero-order valence-corrected chi connectivity index (χ0v) is 13.4. The number of rotatable bonds is 3. The number of alkyl halides is 1. The Balaban J connectivity index is 1.82. The Morgan fingerprint density at radius 3 is 2.60 bits per heavy atom. The third-order valence-electron chi connectivity index (χ3n) is 4.83. The van der Waals surface area contributed by atoms with Crippen LogP contribution in [0, 0.1) is 5.41 Å². The molecule has 0 radical (unpaired) electrons. The van der Waals surface area contributed by atoms with E-state index < -0.39 is 10.0 Å². The lowest BCUT2D eigenvalue weighted by molar-refractivity contribution is 0.137. The molecule has 0 saturated heterocycles. The monoisotopic (exact) mass is 313 g/mol. The highest BCUT2D eigenvalue weighted by atomic mass is 35.5. The molecule has 1 fully saturated rings. The maximum atomic E-state index is 12.5. The van der Waals surface area contributed by atoms with Crippen LogP contribution in [0.2, 0.25) is 0 Å². The first-order valence-electron chi connectivity index (χ1n) is 7.09. The van der Waals surface area contributed by atoms with Gasteiger partial charge in [0.15, 0.2) is 0 Å². The summed E-state index contributed by atoms with van der Waals surface area (Å²) in [5, 5.41) is 0.0372. The lowest BCUT2D eigenvalue weighted by Crippen LogP contribution is -2.59. The molecule has 0 heterocycles. The highest BCUT2D eigenvalue weighted by molar-refractivity contribution is 7.89. The second kappa shape index (κ2) is 4.72. The Morgan fingerprint density at radius 1 is 1.25 bits per heavy atom. The SMILES string of the molecule is CC1(C)C(Cl)CC1NS(=O)(=O)c1ccc2c(c1)CCC2. The summed E-state index contributed by atoms with van der Waals surface area (Å²) >= 11 is 6.15. The summed E-state index contributed by atoms with van der Waals surface area (Å²) in [7, 11) is -3.45. The third-order valence-corrected chi connectivity index (χ3v) is 7.04. The van der Waals surface area contributed by atoms with Crippen molar-refractivity contribution in [2.75, 3.05) is 0 Å². The molecule has 2 unspecified atom stereocenters. The summed E-state index contributed by atoms with van der Waals surface area (Å²) < 4.78 is 27.8. The van der Waals surface area contributed by atoms with Crippen LogP contribution in [0.4, 0.5) is 0 Å². The van der Waals surface area contributed by atoms with Gasteiger partial charge in [-0.1, -0.05) is 19.9 Å². The van der Waals surface area contributed by atoms with Crippen molar-refractivity contribution in [2.45, 2.75) is 55.8 Å². The lowest BCUT2D eigenvalue weighted by atomic mass is 9.67. The summed E-state index contributed by atoms with van der Waals surface area (Å²) in [6.07, 6.45) is 3.86. The van der Waals surface area contributed by atoms with Gasteiger partial charge in [-0.15, -0.1) is 11.6 Å². The molecule has 1 saturated carbocycles. The number of aryl methyl sites for hydroxylation is 2. The fourth-order valence-corrected chi connectivity index (χ4v) is 4.83. The fourth-order valence-electron chi connectivity index (χ4n) is 3.04. The molecular weight excluding hydrogens is 294 g/mol. The van der Waals surface area contributed by atoms with Crippen molar-refractivity contribution in [1.29, 1.82) is 0 Å². The van der Waals surface area contributed by atoms with Crippen LogP contribution >= 0.6 is 11.6 Å². The molecule has 2 atom stereocenters. The van der Waals surface area contributed by atoms with E-state index in [2.05, 4.69) is 4.72 Å². The van der Waals surface area contributed by atoms with Crippen LogP contribution < -0.4 is 4.72 Å². The fraction of sp³-hybridized carbons (Fsp3) is 0.600. The Kier molecular flexibility index (Phi) is 3.39. The first-order valence-corrected chi connectivity index (χ1v) is 9.01. The van der Waals surface area contributed by atoms with Gasteiger partial charge in [-0.05, 0) is 54.4 Å². The van der Waals surface area contributed by atoms with E-state index in [-0.39, 0.29) is 16.8 Å². The van der Waals surface area contributed by atoms with E-state index in [1.54, 1.807) is 6.07 Å². The van der Waals surface area contributed by atoms with E-state index in [4.69, 9.17) is 11.6 Å². The minimum Gasteiger partial charge on any atom is -0.207 e. The molecule has 1 aromatic rings. The van der Waals surface area contributed by atoms with Crippen molar-refractivity contribution in [1.82, 2.24) is 4.72 Å². The topological polar surface area (TPSA) is 46.2 Å².